The Labute approximate surface area is 127 Å². The second-order valence-corrected chi connectivity index (χ2v) is 5.86. The molecule has 0 spiro atoms. The van der Waals surface area contributed by atoms with Gasteiger partial charge in [0.2, 0.25) is 0 Å². The molecular weight excluding hydrogens is 258 g/mol. The summed E-state index contributed by atoms with van der Waals surface area (Å²) in [5.74, 6) is -0.0121. The van der Waals surface area contributed by atoms with E-state index in [4.69, 9.17) is 0 Å². The van der Waals surface area contributed by atoms with Crippen LogP contribution in [0.15, 0.2) is 36.4 Å². The molecule has 0 bridgehead atoms. The fraction of sp³-hybridized carbons (Fsp3) is 0.316. The lowest BCUT2D eigenvalue weighted by atomic mass is 10.0. The van der Waals surface area contributed by atoms with E-state index in [1.807, 2.05) is 39.0 Å². The van der Waals surface area contributed by atoms with Crippen LogP contribution in [-0.2, 0) is 0 Å². The molecule has 2 aromatic carbocycles. The maximum atomic E-state index is 12.4. The number of hydrogen-bond acceptors (Lipinski definition) is 1. The van der Waals surface area contributed by atoms with Crippen LogP contribution >= 0.6 is 0 Å². The minimum absolute atomic E-state index is 0.00304. The third-order valence-electron chi connectivity index (χ3n) is 4.02. The zero-order valence-electron chi connectivity index (χ0n) is 13.4. The minimum atomic E-state index is -0.0121. The molecule has 21 heavy (non-hydrogen) atoms. The lowest BCUT2D eigenvalue weighted by Crippen LogP contribution is -2.27. The molecule has 0 aliphatic heterocycles. The summed E-state index contributed by atoms with van der Waals surface area (Å²) in [6.07, 6.45) is 0. The summed E-state index contributed by atoms with van der Waals surface area (Å²) in [6, 6.07) is 12.3. The van der Waals surface area contributed by atoms with Crippen LogP contribution in [0.5, 0.6) is 0 Å². The molecule has 1 unspecified atom stereocenters. The highest BCUT2D eigenvalue weighted by molar-refractivity contribution is 5.96. The molecule has 0 fully saturated rings. The monoisotopic (exact) mass is 281 g/mol. The largest absolute Gasteiger partial charge is 0.346 e. The Kier molecular flexibility index (Phi) is 4.46. The van der Waals surface area contributed by atoms with E-state index in [0.29, 0.717) is 0 Å². The highest BCUT2D eigenvalue weighted by Gasteiger charge is 2.13. The van der Waals surface area contributed by atoms with E-state index in [0.717, 1.165) is 22.3 Å². The standard InChI is InChI=1S/C19H23NO/c1-12-6-7-14(3)18(10-12)19(21)20-16(5)17-9-8-13(2)15(4)11-17/h6-11,16H,1-5H3,(H,20,21). The molecule has 0 aromatic heterocycles. The molecule has 2 rings (SSSR count). The molecule has 110 valence electrons. The van der Waals surface area contributed by atoms with E-state index >= 15 is 0 Å². The molecule has 1 N–H and O–H groups in total. The SMILES string of the molecule is Cc1ccc(C)c(C(=O)NC(C)c2ccc(C)c(C)c2)c1. The zero-order valence-corrected chi connectivity index (χ0v) is 13.4. The Balaban J connectivity index is 2.18. The molecule has 2 aromatic rings. The lowest BCUT2D eigenvalue weighted by molar-refractivity contribution is 0.0939. The van der Waals surface area contributed by atoms with Crippen LogP contribution in [0.1, 0.15) is 51.1 Å². The average Bonchev–Trinajstić information content (AvgIpc) is 2.44. The van der Waals surface area contributed by atoms with E-state index in [2.05, 4.69) is 37.4 Å². The molecule has 0 saturated heterocycles. The van der Waals surface area contributed by atoms with Crippen molar-refractivity contribution in [3.63, 3.8) is 0 Å². The van der Waals surface area contributed by atoms with Crippen LogP contribution in [0.3, 0.4) is 0 Å². The molecule has 2 nitrogen and oxygen atoms in total. The first-order chi connectivity index (χ1) is 9.88. The van der Waals surface area contributed by atoms with Crippen molar-refractivity contribution in [1.29, 1.82) is 0 Å². The third kappa shape index (κ3) is 3.52. The van der Waals surface area contributed by atoms with Crippen molar-refractivity contribution in [1.82, 2.24) is 5.32 Å². The van der Waals surface area contributed by atoms with Gasteiger partial charge in [0.05, 0.1) is 6.04 Å². The fourth-order valence-electron chi connectivity index (χ4n) is 2.37. The first-order valence-electron chi connectivity index (χ1n) is 7.33. The van der Waals surface area contributed by atoms with Crippen molar-refractivity contribution >= 4 is 5.91 Å². The van der Waals surface area contributed by atoms with Crippen molar-refractivity contribution in [2.45, 2.75) is 40.7 Å². The second-order valence-electron chi connectivity index (χ2n) is 5.86. The van der Waals surface area contributed by atoms with Crippen molar-refractivity contribution in [3.8, 4) is 0 Å². The van der Waals surface area contributed by atoms with Gasteiger partial charge in [-0.05, 0) is 62.9 Å². The number of hydrogen-bond donors (Lipinski definition) is 1. The van der Waals surface area contributed by atoms with Crippen molar-refractivity contribution < 1.29 is 4.79 Å². The van der Waals surface area contributed by atoms with Gasteiger partial charge in [0.15, 0.2) is 0 Å². The van der Waals surface area contributed by atoms with Crippen LogP contribution in [0, 0.1) is 27.7 Å². The number of nitrogens with one attached hydrogen (secondary N) is 1. The van der Waals surface area contributed by atoms with Crippen LogP contribution in [0.4, 0.5) is 0 Å². The third-order valence-corrected chi connectivity index (χ3v) is 4.02. The molecule has 0 aliphatic rings. The predicted octanol–water partition coefficient (Wildman–Crippen LogP) is 4.41. The smallest absolute Gasteiger partial charge is 0.252 e. The number of carbonyl (C=O) groups excluding carboxylic acids is 1. The molecule has 1 amide bonds. The summed E-state index contributed by atoms with van der Waals surface area (Å²) in [4.78, 5) is 12.4. The summed E-state index contributed by atoms with van der Waals surface area (Å²) in [5, 5.41) is 3.09. The highest BCUT2D eigenvalue weighted by atomic mass is 16.1. The Morgan fingerprint density at radius 3 is 2.24 bits per heavy atom. The summed E-state index contributed by atoms with van der Waals surface area (Å²) in [6.45, 7) is 10.2. The lowest BCUT2D eigenvalue weighted by Gasteiger charge is -2.17. The summed E-state index contributed by atoms with van der Waals surface area (Å²) in [7, 11) is 0. The van der Waals surface area contributed by atoms with Gasteiger partial charge in [-0.3, -0.25) is 4.79 Å². The van der Waals surface area contributed by atoms with Crippen LogP contribution < -0.4 is 5.32 Å². The van der Waals surface area contributed by atoms with E-state index < -0.39 is 0 Å². The number of aryl methyl sites for hydroxylation is 4. The fourth-order valence-corrected chi connectivity index (χ4v) is 2.37. The van der Waals surface area contributed by atoms with E-state index in [1.54, 1.807) is 0 Å². The summed E-state index contributed by atoms with van der Waals surface area (Å²) >= 11 is 0. The topological polar surface area (TPSA) is 29.1 Å². The van der Waals surface area contributed by atoms with Gasteiger partial charge in [-0.2, -0.15) is 0 Å². The molecule has 0 saturated carbocycles. The molecule has 0 radical (unpaired) electrons. The second kappa shape index (κ2) is 6.13. The van der Waals surface area contributed by atoms with Crippen molar-refractivity contribution in [2.24, 2.45) is 0 Å². The first-order valence-corrected chi connectivity index (χ1v) is 7.33. The van der Waals surface area contributed by atoms with Gasteiger partial charge in [0, 0.05) is 5.56 Å². The van der Waals surface area contributed by atoms with Crippen molar-refractivity contribution in [2.75, 3.05) is 0 Å². The van der Waals surface area contributed by atoms with Crippen LogP contribution in [0.25, 0.3) is 0 Å². The zero-order chi connectivity index (χ0) is 15.6. The van der Waals surface area contributed by atoms with Crippen LogP contribution in [-0.4, -0.2) is 5.91 Å². The minimum Gasteiger partial charge on any atom is -0.346 e. The maximum absolute atomic E-state index is 12.4. The highest BCUT2D eigenvalue weighted by Crippen LogP contribution is 2.18. The summed E-state index contributed by atoms with van der Waals surface area (Å²) < 4.78 is 0. The molecular formula is C19H23NO. The van der Waals surface area contributed by atoms with E-state index in [-0.39, 0.29) is 11.9 Å². The maximum Gasteiger partial charge on any atom is 0.252 e. The average molecular weight is 281 g/mol. The van der Waals surface area contributed by atoms with Gasteiger partial charge in [-0.1, -0.05) is 35.9 Å². The molecule has 2 heteroatoms. The Morgan fingerprint density at radius 2 is 1.57 bits per heavy atom. The number of amides is 1. The number of rotatable bonds is 3. The van der Waals surface area contributed by atoms with Gasteiger partial charge in [-0.15, -0.1) is 0 Å². The van der Waals surface area contributed by atoms with Gasteiger partial charge < -0.3 is 5.32 Å². The molecule has 1 atom stereocenters. The van der Waals surface area contributed by atoms with Crippen LogP contribution in [0.2, 0.25) is 0 Å². The first kappa shape index (κ1) is 15.3. The molecule has 0 aliphatic carbocycles. The number of benzene rings is 2. The van der Waals surface area contributed by atoms with Crippen molar-refractivity contribution in [3.05, 3.63) is 69.8 Å². The van der Waals surface area contributed by atoms with Gasteiger partial charge >= 0.3 is 0 Å². The quantitative estimate of drug-likeness (QED) is 0.887. The Bertz CT molecular complexity index is 673. The summed E-state index contributed by atoms with van der Waals surface area (Å²) in [5.41, 5.74) is 6.52. The van der Waals surface area contributed by atoms with Gasteiger partial charge in [-0.25, -0.2) is 0 Å². The normalized spacial score (nSPS) is 12.0. The Hall–Kier alpha value is -2.09. The van der Waals surface area contributed by atoms with Gasteiger partial charge in [0.25, 0.3) is 5.91 Å². The molecule has 0 heterocycles. The Morgan fingerprint density at radius 1 is 0.905 bits per heavy atom. The predicted molar refractivity (Wildman–Crippen MR) is 87.7 cm³/mol. The van der Waals surface area contributed by atoms with E-state index in [1.165, 1.54) is 11.1 Å². The van der Waals surface area contributed by atoms with Gasteiger partial charge in [0.1, 0.15) is 0 Å². The van der Waals surface area contributed by atoms with E-state index in [9.17, 15) is 4.79 Å². The number of carbonyl (C=O) groups is 1.